The normalized spacial score (nSPS) is 13.0. The zero-order valence-electron chi connectivity index (χ0n) is 30.5. The van der Waals surface area contributed by atoms with Gasteiger partial charge in [0.15, 0.2) is 17.5 Å². The van der Waals surface area contributed by atoms with Gasteiger partial charge in [0.05, 0.1) is 15.9 Å². The zero-order chi connectivity index (χ0) is 37.3. The van der Waals surface area contributed by atoms with E-state index in [9.17, 15) is 0 Å². The number of rotatable bonds is 5. The van der Waals surface area contributed by atoms with Crippen LogP contribution in [0.4, 0.5) is 0 Å². The maximum atomic E-state index is 5.44. The van der Waals surface area contributed by atoms with Crippen LogP contribution in [0.3, 0.4) is 0 Å². The second-order valence-electron chi connectivity index (χ2n) is 14.2. The Kier molecular flexibility index (Phi) is 7.37. The van der Waals surface area contributed by atoms with Crippen LogP contribution in [0, 0.1) is 0 Å². The predicted octanol–water partition coefficient (Wildman–Crippen LogP) is 11.6. The topological polar surface area (TPSA) is 51.6 Å². The lowest BCUT2D eigenvalue weighted by Gasteiger charge is -2.15. The van der Waals surface area contributed by atoms with Crippen molar-refractivity contribution in [2.75, 3.05) is 0 Å². The maximum absolute atomic E-state index is 5.44. The van der Waals surface area contributed by atoms with Crippen molar-refractivity contribution in [2.45, 2.75) is 6.92 Å². The Morgan fingerprint density at radius 3 is 1.96 bits per heavy atom. The number of thiophene rings is 1. The van der Waals surface area contributed by atoms with Crippen molar-refractivity contribution >= 4 is 85.9 Å². The number of fused-ring (bicyclic) bond motifs is 5. The molecule has 0 fully saturated rings. The Hall–Kier alpha value is -7.08. The van der Waals surface area contributed by atoms with Crippen molar-refractivity contribution < 1.29 is 0 Å². The molecule has 0 N–H and O–H groups in total. The van der Waals surface area contributed by atoms with Crippen molar-refractivity contribution in [1.82, 2.24) is 19.9 Å². The summed E-state index contributed by atoms with van der Waals surface area (Å²) in [5.74, 6) is 1.79. The first-order valence-electron chi connectivity index (χ1n) is 18.8. The summed E-state index contributed by atoms with van der Waals surface area (Å²) in [5, 5.41) is 12.8. The zero-order valence-corrected chi connectivity index (χ0v) is 31.3. The molecule has 56 heavy (non-hydrogen) atoms. The summed E-state index contributed by atoms with van der Waals surface area (Å²) in [5.41, 5.74) is 5.77. The molecule has 0 bridgehead atoms. The predicted molar refractivity (Wildman–Crippen MR) is 236 cm³/mol. The number of benzene rings is 8. The third-order valence-corrected chi connectivity index (χ3v) is 12.3. The number of allylic oxidation sites excluding steroid dienone is 1. The van der Waals surface area contributed by atoms with Crippen LogP contribution in [-0.2, 0) is 0 Å². The summed E-state index contributed by atoms with van der Waals surface area (Å²) < 4.78 is 2.45. The molecule has 11 rings (SSSR count). The quantitative estimate of drug-likeness (QED) is 0.165. The first kappa shape index (κ1) is 32.4. The fourth-order valence-electron chi connectivity index (χ4n) is 8.43. The van der Waals surface area contributed by atoms with Crippen LogP contribution in [-0.4, -0.2) is 19.9 Å². The highest BCUT2D eigenvalue weighted by atomic mass is 32.1. The van der Waals surface area contributed by atoms with Gasteiger partial charge in [-0.3, -0.25) is 0 Å². The molecular formula is C51H32N4S. The Labute approximate surface area is 326 Å². The van der Waals surface area contributed by atoms with E-state index < -0.39 is 0 Å². The van der Waals surface area contributed by atoms with Crippen LogP contribution in [0.1, 0.15) is 18.4 Å². The molecule has 0 saturated heterocycles. The van der Waals surface area contributed by atoms with Crippen molar-refractivity contribution in [1.29, 1.82) is 0 Å². The highest BCUT2D eigenvalue weighted by Crippen LogP contribution is 2.40. The van der Waals surface area contributed by atoms with Crippen molar-refractivity contribution in [2.24, 2.45) is 0 Å². The first-order chi connectivity index (χ1) is 27.6. The van der Waals surface area contributed by atoms with Gasteiger partial charge in [-0.05, 0) is 67.4 Å². The van der Waals surface area contributed by atoms with Crippen molar-refractivity contribution in [3.63, 3.8) is 0 Å². The summed E-state index contributed by atoms with van der Waals surface area (Å²) in [6.07, 6.45) is 1.88. The van der Waals surface area contributed by atoms with E-state index in [1.807, 2.05) is 36.4 Å². The van der Waals surface area contributed by atoms with E-state index in [0.29, 0.717) is 17.5 Å². The summed E-state index contributed by atoms with van der Waals surface area (Å²) in [4.78, 5) is 21.1. The molecule has 11 aromatic rings. The Bertz CT molecular complexity index is 3500. The summed E-state index contributed by atoms with van der Waals surface area (Å²) in [6, 6.07) is 55.4. The standard InChI is InChI=1S/C51H32N4S/c1-3-35(37-19-8-7-18-36(37)30(2)46-39-20-9-10-21-40(39)48-47(52-46)42-22-11-12-23-43(42)56-48)50-53-49(34-14-5-4-6-15-34)54-51(55-50)41-29-27-33-25-24-31-16-13-17-32-26-28-38(41)45(33)44(31)32/h3-29H,1H2,2H3/b36-30+,37-35+. The summed E-state index contributed by atoms with van der Waals surface area (Å²) in [7, 11) is 0. The third-order valence-electron chi connectivity index (χ3n) is 11.1. The average Bonchev–Trinajstić information content (AvgIpc) is 3.64. The number of pyridine rings is 1. The molecule has 262 valence electrons. The van der Waals surface area contributed by atoms with E-state index in [-0.39, 0.29) is 0 Å². The average molecular weight is 733 g/mol. The van der Waals surface area contributed by atoms with Crippen LogP contribution in [0.15, 0.2) is 170 Å². The third kappa shape index (κ3) is 4.98. The molecule has 0 unspecified atom stereocenters. The number of nitrogens with zero attached hydrogens (tertiary/aromatic N) is 4. The first-order valence-corrected chi connectivity index (χ1v) is 19.6. The molecule has 0 amide bonds. The lowest BCUT2D eigenvalue weighted by Crippen LogP contribution is -2.29. The molecule has 0 atom stereocenters. The minimum Gasteiger partial charge on any atom is -0.246 e. The fourth-order valence-corrected chi connectivity index (χ4v) is 9.61. The van der Waals surface area contributed by atoms with Gasteiger partial charge in [-0.25, -0.2) is 19.9 Å². The van der Waals surface area contributed by atoms with E-state index in [1.54, 1.807) is 11.3 Å². The molecule has 0 aliphatic heterocycles. The summed E-state index contributed by atoms with van der Waals surface area (Å²) in [6.45, 7) is 6.53. The lowest BCUT2D eigenvalue weighted by atomic mass is 9.92. The second-order valence-corrected chi connectivity index (χ2v) is 15.3. The molecule has 5 heteroatoms. The summed E-state index contributed by atoms with van der Waals surface area (Å²) >= 11 is 1.81. The van der Waals surface area contributed by atoms with Gasteiger partial charge in [0.25, 0.3) is 0 Å². The Morgan fingerprint density at radius 2 is 1.16 bits per heavy atom. The highest BCUT2D eigenvalue weighted by molar-refractivity contribution is 7.26. The van der Waals surface area contributed by atoms with E-state index in [2.05, 4.69) is 141 Å². The van der Waals surface area contributed by atoms with Gasteiger partial charge in [0.2, 0.25) is 0 Å². The second kappa shape index (κ2) is 12.8. The van der Waals surface area contributed by atoms with Gasteiger partial charge in [-0.2, -0.15) is 0 Å². The van der Waals surface area contributed by atoms with Crippen LogP contribution < -0.4 is 10.4 Å². The van der Waals surface area contributed by atoms with Crippen LogP contribution >= 0.6 is 11.3 Å². The number of aromatic nitrogens is 4. The Morgan fingerprint density at radius 1 is 0.518 bits per heavy atom. The number of hydrogen-bond acceptors (Lipinski definition) is 5. The van der Waals surface area contributed by atoms with Crippen LogP contribution in [0.5, 0.6) is 0 Å². The molecule has 0 radical (unpaired) electrons. The van der Waals surface area contributed by atoms with Gasteiger partial charge in [-0.15, -0.1) is 11.3 Å². The number of hydrogen-bond donors (Lipinski definition) is 0. The molecule has 0 saturated carbocycles. The van der Waals surface area contributed by atoms with Gasteiger partial charge < -0.3 is 0 Å². The van der Waals surface area contributed by atoms with E-state index in [4.69, 9.17) is 19.9 Å². The maximum Gasteiger partial charge on any atom is 0.164 e. The van der Waals surface area contributed by atoms with Gasteiger partial charge in [0.1, 0.15) is 0 Å². The van der Waals surface area contributed by atoms with Crippen LogP contribution in [0.25, 0.3) is 97.3 Å². The lowest BCUT2D eigenvalue weighted by molar-refractivity contribution is 1.04. The molecule has 0 aliphatic carbocycles. The highest BCUT2D eigenvalue weighted by Gasteiger charge is 2.19. The minimum atomic E-state index is 0.562. The SMILES string of the molecule is C=C/C(c1nc(-c2ccccc2)nc(-c2ccc3ccc4cccc5ccc2c3c45)n1)=c1/cccc/c1=C(/C)c1nc2c3ccccc3sc2c2ccccc12. The van der Waals surface area contributed by atoms with E-state index in [0.717, 1.165) is 54.7 Å². The molecule has 0 aliphatic rings. The van der Waals surface area contributed by atoms with Gasteiger partial charge in [0, 0.05) is 37.6 Å². The van der Waals surface area contributed by atoms with Crippen molar-refractivity contribution in [3.8, 4) is 22.8 Å². The molecule has 3 heterocycles. The van der Waals surface area contributed by atoms with Gasteiger partial charge >= 0.3 is 0 Å². The van der Waals surface area contributed by atoms with Crippen molar-refractivity contribution in [3.05, 3.63) is 192 Å². The van der Waals surface area contributed by atoms with E-state index >= 15 is 0 Å². The molecular weight excluding hydrogens is 701 g/mol. The smallest absolute Gasteiger partial charge is 0.164 e. The molecule has 8 aromatic carbocycles. The molecule has 4 nitrogen and oxygen atoms in total. The van der Waals surface area contributed by atoms with Crippen LogP contribution in [0.2, 0.25) is 0 Å². The van der Waals surface area contributed by atoms with Gasteiger partial charge in [-0.1, -0.05) is 158 Å². The Balaban J connectivity index is 1.20. The molecule has 3 aromatic heterocycles. The largest absolute Gasteiger partial charge is 0.246 e. The monoisotopic (exact) mass is 732 g/mol. The molecule has 0 spiro atoms. The van der Waals surface area contributed by atoms with E-state index in [1.165, 1.54) is 47.1 Å². The minimum absolute atomic E-state index is 0.562. The fraction of sp³-hybridized carbons (Fsp3) is 0.0196.